The van der Waals surface area contributed by atoms with Crippen LogP contribution in [0.2, 0.25) is 0 Å². The lowest BCUT2D eigenvalue weighted by atomic mass is 10.2. The molecule has 1 rings (SSSR count). The zero-order valence-corrected chi connectivity index (χ0v) is 8.10. The van der Waals surface area contributed by atoms with Crippen molar-refractivity contribution in [2.24, 2.45) is 5.92 Å². The van der Waals surface area contributed by atoms with Crippen LogP contribution in [0.1, 0.15) is 13.8 Å². The summed E-state index contributed by atoms with van der Waals surface area (Å²) in [5, 5.41) is 0. The fourth-order valence-electron chi connectivity index (χ4n) is 1.22. The average molecular weight is 191 g/mol. The molecule has 1 saturated heterocycles. The summed E-state index contributed by atoms with van der Waals surface area (Å²) >= 11 is 0. The number of hydrogen-bond donors (Lipinski definition) is 0. The normalized spacial score (nSPS) is 23.8. The van der Waals surface area contributed by atoms with Gasteiger partial charge in [0.05, 0.1) is 6.54 Å². The number of sulfonamides is 1. The topological polar surface area (TPSA) is 54.5 Å². The molecule has 5 heteroatoms. The van der Waals surface area contributed by atoms with Crippen molar-refractivity contribution in [3.05, 3.63) is 0 Å². The van der Waals surface area contributed by atoms with Crippen molar-refractivity contribution in [3.8, 4) is 0 Å². The van der Waals surface area contributed by atoms with Crippen LogP contribution in [0.15, 0.2) is 0 Å². The van der Waals surface area contributed by atoms with E-state index in [0.29, 0.717) is 6.54 Å². The maximum atomic E-state index is 11.2. The van der Waals surface area contributed by atoms with Crippen molar-refractivity contribution in [2.45, 2.75) is 13.8 Å². The Morgan fingerprint density at radius 3 is 2.42 bits per heavy atom. The third-order valence-corrected chi connectivity index (χ3v) is 3.41. The zero-order valence-electron chi connectivity index (χ0n) is 7.28. The molecule has 0 aliphatic carbocycles. The molecule has 0 aromatic rings. The highest BCUT2D eigenvalue weighted by atomic mass is 32.2. The van der Waals surface area contributed by atoms with Crippen molar-refractivity contribution in [3.63, 3.8) is 0 Å². The van der Waals surface area contributed by atoms with E-state index in [1.54, 1.807) is 0 Å². The van der Waals surface area contributed by atoms with Crippen molar-refractivity contribution in [2.75, 3.05) is 18.8 Å². The summed E-state index contributed by atoms with van der Waals surface area (Å²) in [6, 6.07) is 0. The van der Waals surface area contributed by atoms with Crippen LogP contribution in [0.3, 0.4) is 0 Å². The van der Waals surface area contributed by atoms with E-state index in [4.69, 9.17) is 0 Å². The lowest BCUT2D eigenvalue weighted by molar-refractivity contribution is -0.115. The van der Waals surface area contributed by atoms with Gasteiger partial charge in [0, 0.05) is 6.54 Å². The minimum Gasteiger partial charge on any atom is -0.297 e. The molecular weight excluding hydrogens is 178 g/mol. The molecule has 1 fully saturated rings. The quantitative estimate of drug-likeness (QED) is 0.610. The van der Waals surface area contributed by atoms with Crippen LogP contribution in [0, 0.1) is 5.92 Å². The molecule has 0 N–H and O–H groups in total. The van der Waals surface area contributed by atoms with Crippen molar-refractivity contribution < 1.29 is 13.2 Å². The summed E-state index contributed by atoms with van der Waals surface area (Å²) in [6.45, 7) is 4.38. The molecule has 0 unspecified atom stereocenters. The van der Waals surface area contributed by atoms with E-state index in [-0.39, 0.29) is 24.0 Å². The minimum absolute atomic E-state index is 0.0700. The molecule has 1 aliphatic rings. The monoisotopic (exact) mass is 191 g/mol. The first-order chi connectivity index (χ1) is 5.42. The number of Topliss-reactive ketones (excluding diaryl/α,β-unsaturated/α-hetero) is 1. The minimum atomic E-state index is -3.25. The molecule has 0 bridgehead atoms. The molecule has 4 nitrogen and oxygen atoms in total. The summed E-state index contributed by atoms with van der Waals surface area (Å²) in [6.07, 6.45) is 0. The van der Waals surface area contributed by atoms with Crippen LogP contribution >= 0.6 is 0 Å². The number of ketones is 1. The summed E-state index contributed by atoms with van der Waals surface area (Å²) < 4.78 is 23.7. The molecule has 0 saturated carbocycles. The van der Waals surface area contributed by atoms with Gasteiger partial charge in [0.1, 0.15) is 5.75 Å². The van der Waals surface area contributed by atoms with Crippen LogP contribution in [0.4, 0.5) is 0 Å². The van der Waals surface area contributed by atoms with Gasteiger partial charge in [-0.25, -0.2) is 8.42 Å². The fraction of sp³-hybridized carbons (Fsp3) is 0.857. The van der Waals surface area contributed by atoms with Gasteiger partial charge in [-0.1, -0.05) is 13.8 Å². The first-order valence-electron chi connectivity index (χ1n) is 3.91. The largest absolute Gasteiger partial charge is 0.297 e. The van der Waals surface area contributed by atoms with Crippen LogP contribution in [-0.2, 0) is 14.8 Å². The van der Waals surface area contributed by atoms with Gasteiger partial charge in [-0.05, 0) is 5.92 Å². The van der Waals surface area contributed by atoms with E-state index in [0.717, 1.165) is 0 Å². The maximum Gasteiger partial charge on any atom is 0.221 e. The molecule has 0 aromatic heterocycles. The molecule has 12 heavy (non-hydrogen) atoms. The van der Waals surface area contributed by atoms with Gasteiger partial charge in [-0.2, -0.15) is 4.31 Å². The Hall–Kier alpha value is -0.420. The SMILES string of the molecule is CC(C)CN1CC(=O)CS1(=O)=O. The number of carbonyl (C=O) groups is 1. The molecule has 70 valence electrons. The Bertz CT molecular complexity index is 281. The summed E-state index contributed by atoms with van der Waals surface area (Å²) in [7, 11) is -3.25. The molecule has 1 heterocycles. The first-order valence-corrected chi connectivity index (χ1v) is 5.52. The van der Waals surface area contributed by atoms with Gasteiger partial charge in [-0.15, -0.1) is 0 Å². The van der Waals surface area contributed by atoms with E-state index in [1.165, 1.54) is 4.31 Å². The van der Waals surface area contributed by atoms with Crippen LogP contribution in [0.25, 0.3) is 0 Å². The van der Waals surface area contributed by atoms with Crippen LogP contribution in [0.5, 0.6) is 0 Å². The van der Waals surface area contributed by atoms with Gasteiger partial charge < -0.3 is 0 Å². The standard InChI is InChI=1S/C7H13NO3S/c1-6(2)3-8-4-7(9)5-12(8,10)11/h6H,3-5H2,1-2H3. The van der Waals surface area contributed by atoms with Crippen LogP contribution < -0.4 is 0 Å². The van der Waals surface area contributed by atoms with Gasteiger partial charge in [0.2, 0.25) is 10.0 Å². The van der Waals surface area contributed by atoms with E-state index in [9.17, 15) is 13.2 Å². The van der Waals surface area contributed by atoms with E-state index in [2.05, 4.69) is 0 Å². The smallest absolute Gasteiger partial charge is 0.221 e. The van der Waals surface area contributed by atoms with Gasteiger partial charge >= 0.3 is 0 Å². The Balaban J connectivity index is 2.73. The molecule has 0 aromatic carbocycles. The van der Waals surface area contributed by atoms with Crippen LogP contribution in [-0.4, -0.2) is 37.3 Å². The summed E-state index contributed by atoms with van der Waals surface area (Å²) in [5.41, 5.74) is 0. The van der Waals surface area contributed by atoms with Gasteiger partial charge in [0.15, 0.2) is 5.78 Å². The lowest BCUT2D eigenvalue weighted by Gasteiger charge is -2.14. The predicted molar refractivity (Wildman–Crippen MR) is 45.2 cm³/mol. The summed E-state index contributed by atoms with van der Waals surface area (Å²) in [4.78, 5) is 10.8. The molecule has 0 spiro atoms. The zero-order chi connectivity index (χ0) is 9.35. The fourth-order valence-corrected chi connectivity index (χ4v) is 2.77. The second kappa shape index (κ2) is 3.14. The lowest BCUT2D eigenvalue weighted by Crippen LogP contribution is -2.29. The van der Waals surface area contributed by atoms with E-state index in [1.807, 2.05) is 13.8 Å². The van der Waals surface area contributed by atoms with Crippen molar-refractivity contribution in [1.29, 1.82) is 0 Å². The molecule has 0 radical (unpaired) electrons. The maximum absolute atomic E-state index is 11.2. The first kappa shape index (κ1) is 9.67. The third kappa shape index (κ3) is 2.04. The average Bonchev–Trinajstić information content (AvgIpc) is 2.04. The van der Waals surface area contributed by atoms with Crippen molar-refractivity contribution >= 4 is 15.8 Å². The van der Waals surface area contributed by atoms with E-state index >= 15 is 0 Å². The Kier molecular flexibility index (Phi) is 2.53. The Labute approximate surface area is 72.6 Å². The highest BCUT2D eigenvalue weighted by Gasteiger charge is 2.34. The highest BCUT2D eigenvalue weighted by Crippen LogP contribution is 2.12. The number of hydrogen-bond acceptors (Lipinski definition) is 3. The summed E-state index contributed by atoms with van der Waals surface area (Å²) in [5.74, 6) is -0.235. The highest BCUT2D eigenvalue weighted by molar-refractivity contribution is 7.90. The third-order valence-electron chi connectivity index (χ3n) is 1.66. The number of rotatable bonds is 2. The molecule has 0 amide bonds. The second-order valence-electron chi connectivity index (χ2n) is 3.48. The predicted octanol–water partition coefficient (Wildman–Crippen LogP) is -0.143. The van der Waals surface area contributed by atoms with E-state index < -0.39 is 10.0 Å². The van der Waals surface area contributed by atoms with Gasteiger partial charge in [-0.3, -0.25) is 4.79 Å². The second-order valence-corrected chi connectivity index (χ2v) is 5.45. The van der Waals surface area contributed by atoms with Crippen molar-refractivity contribution in [1.82, 2.24) is 4.31 Å². The molecule has 1 aliphatic heterocycles. The Morgan fingerprint density at radius 2 is 2.08 bits per heavy atom. The number of carbonyl (C=O) groups excluding carboxylic acids is 1. The molecule has 0 atom stereocenters. The Morgan fingerprint density at radius 1 is 1.50 bits per heavy atom. The molecular formula is C7H13NO3S. The number of nitrogens with zero attached hydrogens (tertiary/aromatic N) is 1. The van der Waals surface area contributed by atoms with Gasteiger partial charge in [0.25, 0.3) is 0 Å².